The quantitative estimate of drug-likeness (QED) is 0.808. The fraction of sp³-hybridized carbons (Fsp3) is 0.538. The molecule has 1 aliphatic heterocycles. The topological polar surface area (TPSA) is 64.4 Å². The fourth-order valence-electron chi connectivity index (χ4n) is 2.23. The molecule has 2 rings (SSSR count). The Morgan fingerprint density at radius 3 is 2.84 bits per heavy atom. The lowest BCUT2D eigenvalue weighted by Gasteiger charge is -2.34. The third kappa shape index (κ3) is 3.32. The number of ether oxygens (including phenoxy) is 1. The van der Waals surface area contributed by atoms with Crippen LogP contribution in [0.2, 0.25) is 0 Å². The predicted octanol–water partition coefficient (Wildman–Crippen LogP) is 1.49. The van der Waals surface area contributed by atoms with Gasteiger partial charge in [-0.1, -0.05) is 18.3 Å². The van der Waals surface area contributed by atoms with Crippen LogP contribution < -0.4 is 11.1 Å². The molecule has 1 aromatic heterocycles. The molecule has 0 aliphatic carbocycles. The minimum atomic E-state index is -0.719. The van der Waals surface area contributed by atoms with Crippen LogP contribution in [-0.2, 0) is 16.0 Å². The van der Waals surface area contributed by atoms with Crippen molar-refractivity contribution in [1.82, 2.24) is 5.32 Å². The summed E-state index contributed by atoms with van der Waals surface area (Å²) in [4.78, 5) is 13.9. The van der Waals surface area contributed by atoms with Gasteiger partial charge in [0.15, 0.2) is 0 Å². The third-order valence-corrected chi connectivity index (χ3v) is 4.82. The van der Waals surface area contributed by atoms with E-state index in [1.54, 1.807) is 11.3 Å². The van der Waals surface area contributed by atoms with Crippen molar-refractivity contribution >= 4 is 34.5 Å². The standard InChI is InChI=1S/C13H18N2O2S2/c14-11(18)13(4-7-17-8-5-13)12(16)15-6-3-10-2-1-9-19-10/h1-2,9H,3-8H2,(H2,14,18)(H,15,16). The van der Waals surface area contributed by atoms with Crippen molar-refractivity contribution in [3.8, 4) is 0 Å². The number of nitrogens with one attached hydrogen (secondary N) is 1. The first-order valence-corrected chi connectivity index (χ1v) is 7.62. The van der Waals surface area contributed by atoms with Crippen LogP contribution in [0.5, 0.6) is 0 Å². The van der Waals surface area contributed by atoms with Crippen molar-refractivity contribution in [1.29, 1.82) is 0 Å². The number of amides is 1. The lowest BCUT2D eigenvalue weighted by molar-refractivity contribution is -0.131. The summed E-state index contributed by atoms with van der Waals surface area (Å²) in [6, 6.07) is 4.07. The van der Waals surface area contributed by atoms with E-state index in [-0.39, 0.29) is 10.9 Å². The molecule has 19 heavy (non-hydrogen) atoms. The molecule has 6 heteroatoms. The Hall–Kier alpha value is -0.980. The highest BCUT2D eigenvalue weighted by atomic mass is 32.1. The van der Waals surface area contributed by atoms with Crippen LogP contribution in [0.25, 0.3) is 0 Å². The number of carbonyl (C=O) groups is 1. The monoisotopic (exact) mass is 298 g/mol. The second kappa shape index (κ2) is 6.45. The first-order valence-electron chi connectivity index (χ1n) is 6.33. The smallest absolute Gasteiger partial charge is 0.233 e. The molecule has 0 unspecified atom stereocenters. The van der Waals surface area contributed by atoms with E-state index in [1.807, 2.05) is 11.4 Å². The van der Waals surface area contributed by atoms with E-state index in [9.17, 15) is 4.79 Å². The van der Waals surface area contributed by atoms with Gasteiger partial charge in [-0.15, -0.1) is 11.3 Å². The Morgan fingerprint density at radius 2 is 2.26 bits per heavy atom. The van der Waals surface area contributed by atoms with Gasteiger partial charge in [-0.25, -0.2) is 0 Å². The second-order valence-electron chi connectivity index (χ2n) is 4.64. The molecule has 1 saturated heterocycles. The Morgan fingerprint density at radius 1 is 1.53 bits per heavy atom. The summed E-state index contributed by atoms with van der Waals surface area (Å²) >= 11 is 6.79. The molecule has 2 heterocycles. The van der Waals surface area contributed by atoms with Gasteiger partial charge in [0.25, 0.3) is 0 Å². The second-order valence-corrected chi connectivity index (χ2v) is 6.12. The van der Waals surface area contributed by atoms with E-state index in [2.05, 4.69) is 11.4 Å². The molecular weight excluding hydrogens is 280 g/mol. The van der Waals surface area contributed by atoms with Gasteiger partial charge in [-0.05, 0) is 30.7 Å². The Balaban J connectivity index is 1.91. The number of hydrogen-bond donors (Lipinski definition) is 2. The van der Waals surface area contributed by atoms with Crippen molar-refractivity contribution in [3.05, 3.63) is 22.4 Å². The minimum Gasteiger partial charge on any atom is -0.392 e. The molecule has 0 atom stereocenters. The molecule has 4 nitrogen and oxygen atoms in total. The first kappa shape index (κ1) is 14.4. The zero-order valence-corrected chi connectivity index (χ0v) is 12.3. The average molecular weight is 298 g/mol. The zero-order chi connectivity index (χ0) is 13.7. The molecule has 0 spiro atoms. The summed E-state index contributed by atoms with van der Waals surface area (Å²) in [5, 5.41) is 4.99. The molecule has 3 N–H and O–H groups in total. The van der Waals surface area contributed by atoms with Crippen molar-refractivity contribution in [2.24, 2.45) is 11.1 Å². The Labute approximate surface area is 122 Å². The summed E-state index contributed by atoms with van der Waals surface area (Å²) in [7, 11) is 0. The van der Waals surface area contributed by atoms with Gasteiger partial charge in [-0.2, -0.15) is 0 Å². The number of nitrogens with two attached hydrogens (primary N) is 1. The Bertz CT molecular complexity index is 440. The van der Waals surface area contributed by atoms with Crippen molar-refractivity contribution in [2.75, 3.05) is 19.8 Å². The van der Waals surface area contributed by atoms with E-state index in [1.165, 1.54) is 4.88 Å². The summed E-state index contributed by atoms with van der Waals surface area (Å²) < 4.78 is 5.29. The van der Waals surface area contributed by atoms with E-state index < -0.39 is 5.41 Å². The maximum absolute atomic E-state index is 12.4. The SMILES string of the molecule is NC(=S)C1(C(=O)NCCc2cccs2)CCOCC1. The van der Waals surface area contributed by atoms with Gasteiger partial charge < -0.3 is 15.8 Å². The maximum atomic E-state index is 12.4. The van der Waals surface area contributed by atoms with Gasteiger partial charge in [0, 0.05) is 24.6 Å². The summed E-state index contributed by atoms with van der Waals surface area (Å²) in [6.07, 6.45) is 1.99. The van der Waals surface area contributed by atoms with Gasteiger partial charge in [0.2, 0.25) is 5.91 Å². The average Bonchev–Trinajstić information content (AvgIpc) is 2.92. The molecule has 1 aromatic rings. The number of hydrogen-bond acceptors (Lipinski definition) is 4. The van der Waals surface area contributed by atoms with Crippen LogP contribution in [0.4, 0.5) is 0 Å². The summed E-state index contributed by atoms with van der Waals surface area (Å²) in [6.45, 7) is 1.69. The highest BCUT2D eigenvalue weighted by Crippen LogP contribution is 2.31. The molecule has 1 fully saturated rings. The molecule has 0 bridgehead atoms. The molecule has 0 radical (unpaired) electrons. The van der Waals surface area contributed by atoms with E-state index in [4.69, 9.17) is 22.7 Å². The molecule has 104 valence electrons. The van der Waals surface area contributed by atoms with Crippen molar-refractivity contribution < 1.29 is 9.53 Å². The van der Waals surface area contributed by atoms with Crippen molar-refractivity contribution in [2.45, 2.75) is 19.3 Å². The van der Waals surface area contributed by atoms with Crippen molar-refractivity contribution in [3.63, 3.8) is 0 Å². The molecule has 0 aromatic carbocycles. The number of thiocarbonyl (C=S) groups is 1. The van der Waals surface area contributed by atoms with Crippen LogP contribution >= 0.6 is 23.6 Å². The zero-order valence-electron chi connectivity index (χ0n) is 10.7. The summed E-state index contributed by atoms with van der Waals surface area (Å²) in [5.41, 5.74) is 5.07. The van der Waals surface area contributed by atoms with Crippen LogP contribution in [0.1, 0.15) is 17.7 Å². The molecule has 1 amide bonds. The molecule has 0 saturated carbocycles. The lowest BCUT2D eigenvalue weighted by atomic mass is 9.79. The first-order chi connectivity index (χ1) is 9.15. The minimum absolute atomic E-state index is 0.0557. The van der Waals surface area contributed by atoms with Gasteiger partial charge >= 0.3 is 0 Å². The van der Waals surface area contributed by atoms with Gasteiger partial charge in [0.1, 0.15) is 5.41 Å². The lowest BCUT2D eigenvalue weighted by Crippen LogP contribution is -2.52. The van der Waals surface area contributed by atoms with E-state index >= 15 is 0 Å². The van der Waals surface area contributed by atoms with Gasteiger partial charge in [-0.3, -0.25) is 4.79 Å². The van der Waals surface area contributed by atoms with Crippen LogP contribution in [0.3, 0.4) is 0 Å². The maximum Gasteiger partial charge on any atom is 0.233 e. The van der Waals surface area contributed by atoms with Crippen LogP contribution in [0, 0.1) is 5.41 Å². The highest BCUT2D eigenvalue weighted by molar-refractivity contribution is 7.80. The largest absolute Gasteiger partial charge is 0.392 e. The molecular formula is C13H18N2O2S2. The van der Waals surface area contributed by atoms with Crippen LogP contribution in [-0.4, -0.2) is 30.7 Å². The molecule has 1 aliphatic rings. The van der Waals surface area contributed by atoms with Gasteiger partial charge in [0.05, 0.1) is 4.99 Å². The Kier molecular flexibility index (Phi) is 4.90. The van der Waals surface area contributed by atoms with Crippen LogP contribution in [0.15, 0.2) is 17.5 Å². The fourth-order valence-corrected chi connectivity index (χ4v) is 3.23. The number of carbonyl (C=O) groups excluding carboxylic acids is 1. The predicted molar refractivity (Wildman–Crippen MR) is 80.3 cm³/mol. The van der Waals surface area contributed by atoms with E-state index in [0.717, 1.165) is 6.42 Å². The number of rotatable bonds is 5. The summed E-state index contributed by atoms with van der Waals surface area (Å²) in [5.74, 6) is -0.0557. The third-order valence-electron chi connectivity index (χ3n) is 3.49. The highest BCUT2D eigenvalue weighted by Gasteiger charge is 2.42. The number of thiophene rings is 1. The van der Waals surface area contributed by atoms with E-state index in [0.29, 0.717) is 32.6 Å². The normalized spacial score (nSPS) is 17.9.